The summed E-state index contributed by atoms with van der Waals surface area (Å²) in [5, 5.41) is 0. The number of esters is 1. The molecule has 30 heavy (non-hydrogen) atoms. The second kappa shape index (κ2) is 9.65. The predicted molar refractivity (Wildman–Crippen MR) is 111 cm³/mol. The van der Waals surface area contributed by atoms with Crippen LogP contribution in [0.15, 0.2) is 66.9 Å². The van der Waals surface area contributed by atoms with E-state index in [1.807, 2.05) is 0 Å². The third kappa shape index (κ3) is 4.93. The fraction of sp³-hybridized carbons (Fsp3) is 0.292. The normalized spacial score (nSPS) is 11.5. The molecule has 0 spiro atoms. The minimum Gasteiger partial charge on any atom is -0.462 e. The van der Waals surface area contributed by atoms with E-state index in [9.17, 15) is 18.0 Å². The first-order valence-corrected chi connectivity index (χ1v) is 10.0. The topological polar surface area (TPSA) is 31.2 Å². The number of alkyl halides is 3. The van der Waals surface area contributed by atoms with Crippen LogP contribution in [-0.4, -0.2) is 17.1 Å². The summed E-state index contributed by atoms with van der Waals surface area (Å²) in [6, 6.07) is 17.3. The van der Waals surface area contributed by atoms with Crippen LogP contribution < -0.4 is 0 Å². The lowest BCUT2D eigenvalue weighted by atomic mass is 10.0. The van der Waals surface area contributed by atoms with Crippen LogP contribution in [0.5, 0.6) is 0 Å². The van der Waals surface area contributed by atoms with Gasteiger partial charge in [0.05, 0.1) is 23.4 Å². The van der Waals surface area contributed by atoms with Crippen LogP contribution in [0.3, 0.4) is 0 Å². The maximum Gasteiger partial charge on any atom is 0.418 e. The van der Waals surface area contributed by atoms with Gasteiger partial charge in [-0.05, 0) is 24.1 Å². The van der Waals surface area contributed by atoms with Gasteiger partial charge in [-0.2, -0.15) is 13.2 Å². The first-order chi connectivity index (χ1) is 14.4. The smallest absolute Gasteiger partial charge is 0.418 e. The highest BCUT2D eigenvalue weighted by molar-refractivity contribution is 5.99. The first kappa shape index (κ1) is 21.7. The van der Waals surface area contributed by atoms with Gasteiger partial charge in [0.1, 0.15) is 0 Å². The van der Waals surface area contributed by atoms with Crippen molar-refractivity contribution in [2.24, 2.45) is 0 Å². The molecule has 0 amide bonds. The van der Waals surface area contributed by atoms with Crippen molar-refractivity contribution in [2.45, 2.75) is 38.8 Å². The number of aromatic nitrogens is 1. The summed E-state index contributed by atoms with van der Waals surface area (Å²) in [4.78, 5) is 12.8. The molecule has 1 aromatic heterocycles. The Morgan fingerprint density at radius 2 is 1.57 bits per heavy atom. The highest BCUT2D eigenvalue weighted by atomic mass is 19.4. The van der Waals surface area contributed by atoms with Crippen LogP contribution in [-0.2, 0) is 10.9 Å². The van der Waals surface area contributed by atoms with Gasteiger partial charge in [0, 0.05) is 11.9 Å². The molecule has 0 saturated heterocycles. The minimum atomic E-state index is -4.69. The minimum absolute atomic E-state index is 0.0981. The number of rotatable bonds is 8. The van der Waals surface area contributed by atoms with Crippen molar-refractivity contribution in [3.63, 3.8) is 0 Å². The molecule has 0 unspecified atom stereocenters. The number of ether oxygens (including phenoxy) is 1. The summed E-state index contributed by atoms with van der Waals surface area (Å²) in [6.45, 7) is 2.15. The van der Waals surface area contributed by atoms with Crippen LogP contribution in [0.2, 0.25) is 0 Å². The van der Waals surface area contributed by atoms with Crippen molar-refractivity contribution in [1.29, 1.82) is 0 Å². The monoisotopic (exact) mass is 415 g/mol. The molecule has 0 aliphatic rings. The third-order valence-corrected chi connectivity index (χ3v) is 4.83. The van der Waals surface area contributed by atoms with E-state index in [2.05, 4.69) is 6.92 Å². The van der Waals surface area contributed by atoms with Gasteiger partial charge in [-0.25, -0.2) is 4.79 Å². The molecule has 2 aromatic carbocycles. The maximum atomic E-state index is 13.9. The number of halogens is 3. The lowest BCUT2D eigenvalue weighted by Crippen LogP contribution is -2.14. The summed E-state index contributed by atoms with van der Waals surface area (Å²) in [5.74, 6) is -0.952. The van der Waals surface area contributed by atoms with Gasteiger partial charge in [0.25, 0.3) is 0 Å². The number of unbranched alkanes of at least 4 members (excludes halogenated alkanes) is 3. The third-order valence-electron chi connectivity index (χ3n) is 4.83. The molecule has 3 rings (SSSR count). The largest absolute Gasteiger partial charge is 0.462 e. The van der Waals surface area contributed by atoms with Crippen molar-refractivity contribution < 1.29 is 22.7 Å². The lowest BCUT2D eigenvalue weighted by molar-refractivity contribution is -0.138. The van der Waals surface area contributed by atoms with Crippen molar-refractivity contribution in [3.8, 4) is 16.9 Å². The molecule has 0 fully saturated rings. The summed E-state index contributed by atoms with van der Waals surface area (Å²) in [5.41, 5.74) is -0.233. The average molecular weight is 415 g/mol. The first-order valence-electron chi connectivity index (χ1n) is 10.0. The number of nitrogens with zero attached hydrogens (tertiary/aromatic N) is 1. The summed E-state index contributed by atoms with van der Waals surface area (Å²) in [6.07, 6.45) is -0.214. The van der Waals surface area contributed by atoms with Gasteiger partial charge >= 0.3 is 12.1 Å². The van der Waals surface area contributed by atoms with Gasteiger partial charge in [-0.15, -0.1) is 0 Å². The zero-order chi connectivity index (χ0) is 21.6. The predicted octanol–water partition coefficient (Wildman–Crippen LogP) is 6.90. The van der Waals surface area contributed by atoms with E-state index in [4.69, 9.17) is 4.74 Å². The highest BCUT2D eigenvalue weighted by Gasteiger charge is 2.40. The molecule has 158 valence electrons. The van der Waals surface area contributed by atoms with Crippen LogP contribution in [0.4, 0.5) is 13.2 Å². The zero-order valence-corrected chi connectivity index (χ0v) is 16.8. The number of carbonyl (C=O) groups excluding carboxylic acids is 1. The summed E-state index contributed by atoms with van der Waals surface area (Å²) in [7, 11) is 0. The zero-order valence-electron chi connectivity index (χ0n) is 16.8. The van der Waals surface area contributed by atoms with Crippen molar-refractivity contribution in [2.75, 3.05) is 6.61 Å². The van der Waals surface area contributed by atoms with Crippen molar-refractivity contribution in [3.05, 3.63) is 78.0 Å². The summed E-state index contributed by atoms with van der Waals surface area (Å²) >= 11 is 0. The number of para-hydroxylation sites is 1. The Morgan fingerprint density at radius 1 is 0.933 bits per heavy atom. The average Bonchev–Trinajstić information content (AvgIpc) is 3.16. The molecule has 0 N–H and O–H groups in total. The molecule has 3 aromatic rings. The van der Waals surface area contributed by atoms with E-state index in [-0.39, 0.29) is 12.3 Å². The molecule has 0 radical (unpaired) electrons. The Morgan fingerprint density at radius 3 is 2.17 bits per heavy atom. The van der Waals surface area contributed by atoms with E-state index in [1.54, 1.807) is 60.7 Å². The van der Waals surface area contributed by atoms with Gasteiger partial charge in [0.2, 0.25) is 0 Å². The Balaban J connectivity index is 2.11. The van der Waals surface area contributed by atoms with Crippen molar-refractivity contribution >= 4 is 5.97 Å². The molecule has 3 nitrogen and oxygen atoms in total. The number of benzene rings is 2. The van der Waals surface area contributed by atoms with Crippen LogP contribution >= 0.6 is 0 Å². The fourth-order valence-electron chi connectivity index (χ4n) is 3.37. The standard InChI is InChI=1S/C24H24F3NO2/c1-2-3-4-11-16-30-23(29)21-20(24(25,26)27)17-28(19-14-9-6-10-15-19)22(21)18-12-7-5-8-13-18/h5-10,12-15,17H,2-4,11,16H2,1H3. The molecule has 1 heterocycles. The molecular formula is C24H24F3NO2. The Bertz CT molecular complexity index is 963. The van der Waals surface area contributed by atoms with Gasteiger partial charge in [0.15, 0.2) is 0 Å². The van der Waals surface area contributed by atoms with Crippen LogP contribution in [0.1, 0.15) is 48.5 Å². The lowest BCUT2D eigenvalue weighted by Gasteiger charge is -2.13. The van der Waals surface area contributed by atoms with E-state index < -0.39 is 23.3 Å². The molecule has 0 aliphatic heterocycles. The second-order valence-corrected chi connectivity index (χ2v) is 7.03. The van der Waals surface area contributed by atoms with Crippen molar-refractivity contribution in [1.82, 2.24) is 4.57 Å². The molecule has 0 aliphatic carbocycles. The SMILES string of the molecule is CCCCCCOC(=O)c1c(C(F)(F)F)cn(-c2ccccc2)c1-c1ccccc1. The maximum absolute atomic E-state index is 13.9. The Labute approximate surface area is 174 Å². The number of hydrogen-bond acceptors (Lipinski definition) is 2. The quantitative estimate of drug-likeness (QED) is 0.296. The molecule has 0 bridgehead atoms. The van der Waals surface area contributed by atoms with E-state index in [1.165, 1.54) is 4.57 Å². The molecule has 0 atom stereocenters. The fourth-order valence-corrected chi connectivity index (χ4v) is 3.37. The van der Waals surface area contributed by atoms with E-state index >= 15 is 0 Å². The molecule has 6 heteroatoms. The molecular weight excluding hydrogens is 391 g/mol. The second-order valence-electron chi connectivity index (χ2n) is 7.03. The van der Waals surface area contributed by atoms with E-state index in [0.717, 1.165) is 25.5 Å². The molecule has 0 saturated carbocycles. The number of hydrogen-bond donors (Lipinski definition) is 0. The summed E-state index contributed by atoms with van der Waals surface area (Å²) < 4.78 is 48.4. The Hall–Kier alpha value is -3.02. The van der Waals surface area contributed by atoms with E-state index in [0.29, 0.717) is 17.7 Å². The van der Waals surface area contributed by atoms with Gasteiger partial charge in [-0.1, -0.05) is 74.7 Å². The van der Waals surface area contributed by atoms with Crippen LogP contribution in [0.25, 0.3) is 16.9 Å². The van der Waals surface area contributed by atoms with Crippen LogP contribution in [0, 0.1) is 0 Å². The highest BCUT2D eigenvalue weighted by Crippen LogP contribution is 2.40. The van der Waals surface area contributed by atoms with Gasteiger partial charge < -0.3 is 9.30 Å². The number of carbonyl (C=O) groups is 1. The van der Waals surface area contributed by atoms with Gasteiger partial charge in [-0.3, -0.25) is 0 Å². The Kier molecular flexibility index (Phi) is 6.98.